The Morgan fingerprint density at radius 3 is 2.57 bits per heavy atom. The Balaban J connectivity index is 2.57. The number of nitrogens with two attached hydrogens (primary N) is 1. The number of ether oxygens (including phenoxy) is 1. The van der Waals surface area contributed by atoms with E-state index in [9.17, 15) is 14.4 Å². The molecule has 0 aliphatic rings. The van der Waals surface area contributed by atoms with E-state index >= 15 is 0 Å². The minimum Gasteiger partial charge on any atom is -0.466 e. The van der Waals surface area contributed by atoms with Crippen LogP contribution in [0.3, 0.4) is 0 Å². The molecule has 21 heavy (non-hydrogen) atoms. The Kier molecular flexibility index (Phi) is 6.71. The van der Waals surface area contributed by atoms with E-state index in [1.54, 1.807) is 6.92 Å². The average molecular weight is 297 g/mol. The monoisotopic (exact) mass is 297 g/mol. The summed E-state index contributed by atoms with van der Waals surface area (Å²) in [6.45, 7) is 4.74. The molecule has 1 rings (SSSR count). The van der Waals surface area contributed by atoms with Crippen molar-refractivity contribution < 1.29 is 9.53 Å². The zero-order chi connectivity index (χ0) is 15.8. The second-order valence-corrected chi connectivity index (χ2v) is 4.73. The lowest BCUT2D eigenvalue weighted by Gasteiger charge is -2.09. The number of esters is 1. The van der Waals surface area contributed by atoms with Gasteiger partial charge in [0.15, 0.2) is 0 Å². The highest BCUT2D eigenvalue weighted by atomic mass is 16.5. The first-order chi connectivity index (χ1) is 10.0. The van der Waals surface area contributed by atoms with Crippen molar-refractivity contribution in [1.29, 1.82) is 0 Å². The standard InChI is InChI=1S/C14H23N3O4/c1-3-16-10-11(15)13(19)17(14(16)20)9-7-5-6-8-12(18)21-4-2/h10H,3-9,15H2,1-2H3. The van der Waals surface area contributed by atoms with E-state index in [1.165, 1.54) is 10.8 Å². The van der Waals surface area contributed by atoms with Gasteiger partial charge in [0.1, 0.15) is 5.69 Å². The fourth-order valence-corrected chi connectivity index (χ4v) is 2.05. The van der Waals surface area contributed by atoms with Crippen LogP contribution in [0.1, 0.15) is 39.5 Å². The molecule has 1 aromatic heterocycles. The zero-order valence-electron chi connectivity index (χ0n) is 12.6. The highest BCUT2D eigenvalue weighted by Gasteiger charge is 2.08. The first kappa shape index (κ1) is 17.0. The molecule has 0 aliphatic heterocycles. The van der Waals surface area contributed by atoms with E-state index in [2.05, 4.69) is 0 Å². The van der Waals surface area contributed by atoms with Crippen molar-refractivity contribution in [2.24, 2.45) is 0 Å². The lowest BCUT2D eigenvalue weighted by atomic mass is 10.2. The number of unbranched alkanes of at least 4 members (excludes halogenated alkanes) is 2. The molecule has 0 aromatic carbocycles. The number of hydrogen-bond donors (Lipinski definition) is 1. The lowest BCUT2D eigenvalue weighted by Crippen LogP contribution is -2.40. The molecule has 0 spiro atoms. The number of aryl methyl sites for hydroxylation is 1. The second kappa shape index (κ2) is 8.28. The molecule has 118 valence electrons. The van der Waals surface area contributed by atoms with Crippen molar-refractivity contribution in [1.82, 2.24) is 9.13 Å². The number of nitrogen functional groups attached to an aromatic ring is 1. The number of hydrogen-bond acceptors (Lipinski definition) is 5. The van der Waals surface area contributed by atoms with Crippen LogP contribution >= 0.6 is 0 Å². The van der Waals surface area contributed by atoms with Crippen molar-refractivity contribution in [2.75, 3.05) is 12.3 Å². The van der Waals surface area contributed by atoms with Gasteiger partial charge < -0.3 is 10.5 Å². The SMILES string of the molecule is CCOC(=O)CCCCCn1c(=O)c(N)cn(CC)c1=O. The minimum absolute atomic E-state index is 0.0722. The molecule has 0 radical (unpaired) electrons. The average Bonchev–Trinajstić information content (AvgIpc) is 2.46. The fourth-order valence-electron chi connectivity index (χ4n) is 2.05. The molecular weight excluding hydrogens is 274 g/mol. The van der Waals surface area contributed by atoms with Crippen molar-refractivity contribution >= 4 is 11.7 Å². The predicted octanol–water partition coefficient (Wildman–Crippen LogP) is 0.736. The predicted molar refractivity (Wildman–Crippen MR) is 80.1 cm³/mol. The summed E-state index contributed by atoms with van der Waals surface area (Å²) < 4.78 is 7.39. The molecule has 0 amide bonds. The van der Waals surface area contributed by atoms with Gasteiger partial charge in [-0.1, -0.05) is 6.42 Å². The third kappa shape index (κ3) is 4.77. The van der Waals surface area contributed by atoms with Crippen LogP contribution in [0.2, 0.25) is 0 Å². The smallest absolute Gasteiger partial charge is 0.331 e. The Morgan fingerprint density at radius 1 is 1.24 bits per heavy atom. The van der Waals surface area contributed by atoms with E-state index < -0.39 is 5.56 Å². The van der Waals surface area contributed by atoms with Crippen LogP contribution in [0, 0.1) is 0 Å². The number of carbonyl (C=O) groups is 1. The third-order valence-corrected chi connectivity index (χ3v) is 3.17. The van der Waals surface area contributed by atoms with Gasteiger partial charge in [-0.3, -0.25) is 18.7 Å². The summed E-state index contributed by atoms with van der Waals surface area (Å²) in [5.41, 5.74) is 4.89. The van der Waals surface area contributed by atoms with Crippen LogP contribution < -0.4 is 17.0 Å². The zero-order valence-corrected chi connectivity index (χ0v) is 12.6. The van der Waals surface area contributed by atoms with Crippen LogP contribution in [-0.4, -0.2) is 21.7 Å². The molecule has 7 heteroatoms. The van der Waals surface area contributed by atoms with Gasteiger partial charge in [-0.05, 0) is 26.7 Å². The summed E-state index contributed by atoms with van der Waals surface area (Å²) >= 11 is 0. The Morgan fingerprint density at radius 2 is 1.95 bits per heavy atom. The number of rotatable bonds is 8. The van der Waals surface area contributed by atoms with Gasteiger partial charge >= 0.3 is 11.7 Å². The molecule has 0 atom stereocenters. The molecule has 0 bridgehead atoms. The van der Waals surface area contributed by atoms with Crippen LogP contribution in [0.15, 0.2) is 15.8 Å². The van der Waals surface area contributed by atoms with Gasteiger partial charge in [-0.25, -0.2) is 4.79 Å². The summed E-state index contributed by atoms with van der Waals surface area (Å²) in [6, 6.07) is 0. The summed E-state index contributed by atoms with van der Waals surface area (Å²) in [5, 5.41) is 0. The summed E-state index contributed by atoms with van der Waals surface area (Å²) in [5.74, 6) is -0.216. The van der Waals surface area contributed by atoms with Crippen LogP contribution in [0.25, 0.3) is 0 Å². The highest BCUT2D eigenvalue weighted by molar-refractivity contribution is 5.69. The van der Waals surface area contributed by atoms with E-state index in [0.29, 0.717) is 39.0 Å². The molecule has 1 heterocycles. The molecule has 0 aliphatic carbocycles. The topological polar surface area (TPSA) is 96.3 Å². The largest absolute Gasteiger partial charge is 0.466 e. The molecule has 0 unspecified atom stereocenters. The molecule has 2 N–H and O–H groups in total. The maximum absolute atomic E-state index is 12.0. The first-order valence-electron chi connectivity index (χ1n) is 7.26. The maximum Gasteiger partial charge on any atom is 0.331 e. The summed E-state index contributed by atoms with van der Waals surface area (Å²) in [4.78, 5) is 35.1. The van der Waals surface area contributed by atoms with Gasteiger partial charge in [0.2, 0.25) is 0 Å². The molecule has 0 fully saturated rings. The van der Waals surface area contributed by atoms with Gasteiger partial charge in [0, 0.05) is 25.7 Å². The number of aromatic nitrogens is 2. The second-order valence-electron chi connectivity index (χ2n) is 4.73. The van der Waals surface area contributed by atoms with E-state index in [-0.39, 0.29) is 17.3 Å². The van der Waals surface area contributed by atoms with Crippen molar-refractivity contribution in [3.63, 3.8) is 0 Å². The summed E-state index contributed by atoms with van der Waals surface area (Å²) in [7, 11) is 0. The van der Waals surface area contributed by atoms with Crippen LogP contribution in [0.4, 0.5) is 5.69 Å². The van der Waals surface area contributed by atoms with E-state index in [1.807, 2.05) is 6.92 Å². The Bertz CT molecular complexity index is 589. The molecule has 0 saturated heterocycles. The lowest BCUT2D eigenvalue weighted by molar-refractivity contribution is -0.143. The Labute approximate surface area is 123 Å². The first-order valence-corrected chi connectivity index (χ1v) is 7.26. The van der Waals surface area contributed by atoms with Gasteiger partial charge in [-0.15, -0.1) is 0 Å². The molecule has 1 aromatic rings. The van der Waals surface area contributed by atoms with Crippen molar-refractivity contribution in [3.8, 4) is 0 Å². The highest BCUT2D eigenvalue weighted by Crippen LogP contribution is 2.02. The quantitative estimate of drug-likeness (QED) is 0.564. The van der Waals surface area contributed by atoms with Gasteiger partial charge in [0.25, 0.3) is 5.56 Å². The maximum atomic E-state index is 12.0. The summed E-state index contributed by atoms with van der Waals surface area (Å²) in [6.07, 6.45) is 3.80. The van der Waals surface area contributed by atoms with E-state index in [4.69, 9.17) is 10.5 Å². The normalized spacial score (nSPS) is 10.6. The van der Waals surface area contributed by atoms with Gasteiger partial charge in [-0.2, -0.15) is 0 Å². The molecule has 7 nitrogen and oxygen atoms in total. The van der Waals surface area contributed by atoms with Crippen molar-refractivity contribution in [3.05, 3.63) is 27.0 Å². The van der Waals surface area contributed by atoms with Gasteiger partial charge in [0.05, 0.1) is 6.61 Å². The van der Waals surface area contributed by atoms with Crippen molar-refractivity contribution in [2.45, 2.75) is 52.6 Å². The number of anilines is 1. The molecule has 0 saturated carbocycles. The number of carbonyl (C=O) groups excluding carboxylic acids is 1. The fraction of sp³-hybridized carbons (Fsp3) is 0.643. The minimum atomic E-state index is -0.449. The molecular formula is C14H23N3O4. The van der Waals surface area contributed by atoms with Crippen LogP contribution in [0.5, 0.6) is 0 Å². The number of nitrogens with zero attached hydrogens (tertiary/aromatic N) is 2. The third-order valence-electron chi connectivity index (χ3n) is 3.17. The van der Waals surface area contributed by atoms with Crippen LogP contribution in [-0.2, 0) is 22.6 Å². The van der Waals surface area contributed by atoms with E-state index in [0.717, 1.165) is 11.0 Å². The Hall–Kier alpha value is -2.05.